The van der Waals surface area contributed by atoms with Crippen LogP contribution in [0.2, 0.25) is 0 Å². The van der Waals surface area contributed by atoms with Crippen LogP contribution in [0.5, 0.6) is 0 Å². The van der Waals surface area contributed by atoms with Crippen LogP contribution in [0.4, 0.5) is 0 Å². The third kappa shape index (κ3) is 3.02. The van der Waals surface area contributed by atoms with Crippen LogP contribution in [0.1, 0.15) is 67.7 Å². The number of carbonyl (C=O) groups is 4. The molecular formula is C24H34O8. The molecule has 1 N–H and O–H groups in total. The van der Waals surface area contributed by atoms with Gasteiger partial charge in [-0.1, -0.05) is 19.9 Å². The summed E-state index contributed by atoms with van der Waals surface area (Å²) in [5, 5.41) is 12.3. The molecule has 3 fully saturated rings. The summed E-state index contributed by atoms with van der Waals surface area (Å²) >= 11 is 0. The minimum absolute atomic E-state index is 0.148. The number of Topliss-reactive ketones (excluding diaryl/α,β-unsaturated/α-hetero) is 2. The second kappa shape index (κ2) is 7.22. The van der Waals surface area contributed by atoms with Gasteiger partial charge in [0.25, 0.3) is 0 Å². The van der Waals surface area contributed by atoms with Gasteiger partial charge in [-0.3, -0.25) is 19.2 Å². The Morgan fingerprint density at radius 2 is 1.62 bits per heavy atom. The van der Waals surface area contributed by atoms with E-state index in [1.807, 2.05) is 13.8 Å². The molecule has 1 aliphatic heterocycles. The lowest BCUT2D eigenvalue weighted by Gasteiger charge is -2.69. The minimum Gasteiger partial charge on any atom is -0.458 e. The van der Waals surface area contributed by atoms with E-state index in [9.17, 15) is 24.3 Å². The summed E-state index contributed by atoms with van der Waals surface area (Å²) < 4.78 is 17.7. The summed E-state index contributed by atoms with van der Waals surface area (Å²) in [5.41, 5.74) is -7.66. The van der Waals surface area contributed by atoms with Crippen LogP contribution in [0.3, 0.4) is 0 Å². The van der Waals surface area contributed by atoms with Crippen molar-refractivity contribution in [2.45, 2.75) is 96.7 Å². The highest BCUT2D eigenvalue weighted by atomic mass is 16.6. The first-order chi connectivity index (χ1) is 14.5. The molecule has 0 aromatic rings. The SMILES string of the molecule is C=C[C@@]1(C)CC(=O)[C@]2(O)[C@@]3(C)C(=O)CCC(C)(C)[C@@H]3[C@H](OC(C)=O)[C@H](OC(C)=O)[C@@]2(C)O1. The van der Waals surface area contributed by atoms with Crippen LogP contribution < -0.4 is 0 Å². The van der Waals surface area contributed by atoms with Gasteiger partial charge < -0.3 is 19.3 Å². The monoisotopic (exact) mass is 450 g/mol. The van der Waals surface area contributed by atoms with Gasteiger partial charge in [-0.2, -0.15) is 0 Å². The molecule has 178 valence electrons. The highest BCUT2D eigenvalue weighted by Gasteiger charge is 2.82. The Labute approximate surface area is 188 Å². The van der Waals surface area contributed by atoms with Crippen molar-refractivity contribution in [3.05, 3.63) is 12.7 Å². The third-order valence-corrected chi connectivity index (χ3v) is 8.07. The molecule has 2 saturated carbocycles. The average molecular weight is 451 g/mol. The van der Waals surface area contributed by atoms with Gasteiger partial charge in [0.15, 0.2) is 17.5 Å². The number of carbonyl (C=O) groups excluding carboxylic acids is 4. The molecule has 0 radical (unpaired) electrons. The topological polar surface area (TPSA) is 116 Å². The van der Waals surface area contributed by atoms with Gasteiger partial charge in [-0.25, -0.2) is 0 Å². The van der Waals surface area contributed by atoms with Crippen LogP contribution >= 0.6 is 0 Å². The molecule has 1 heterocycles. The van der Waals surface area contributed by atoms with E-state index in [1.165, 1.54) is 26.8 Å². The van der Waals surface area contributed by atoms with Crippen molar-refractivity contribution in [1.29, 1.82) is 0 Å². The zero-order valence-electron chi connectivity index (χ0n) is 19.9. The van der Waals surface area contributed by atoms with Gasteiger partial charge in [0.05, 0.1) is 11.0 Å². The lowest BCUT2D eigenvalue weighted by Crippen LogP contribution is -2.86. The first-order valence-corrected chi connectivity index (χ1v) is 11.0. The van der Waals surface area contributed by atoms with E-state index >= 15 is 0 Å². The van der Waals surface area contributed by atoms with Gasteiger partial charge in [0.2, 0.25) is 0 Å². The molecule has 3 rings (SSSR count). The largest absolute Gasteiger partial charge is 0.458 e. The number of fused-ring (bicyclic) bond motifs is 3. The highest BCUT2D eigenvalue weighted by molar-refractivity contribution is 6.00. The van der Waals surface area contributed by atoms with E-state index < -0.39 is 63.5 Å². The van der Waals surface area contributed by atoms with Crippen molar-refractivity contribution < 1.29 is 38.5 Å². The predicted molar refractivity (Wildman–Crippen MR) is 113 cm³/mol. The second-order valence-electron chi connectivity index (χ2n) is 10.7. The van der Waals surface area contributed by atoms with Crippen molar-refractivity contribution in [2.24, 2.45) is 16.7 Å². The number of esters is 2. The Bertz CT molecular complexity index is 892. The van der Waals surface area contributed by atoms with Crippen LogP contribution in [0.15, 0.2) is 12.7 Å². The van der Waals surface area contributed by atoms with Crippen molar-refractivity contribution in [3.63, 3.8) is 0 Å². The fourth-order valence-corrected chi connectivity index (χ4v) is 6.67. The number of aliphatic hydroxyl groups is 1. The van der Waals surface area contributed by atoms with Crippen molar-refractivity contribution in [2.75, 3.05) is 0 Å². The standard InChI is InChI=1S/C24H34O8/c1-9-21(6)12-16(28)24(29)22(7)15(27)10-11-20(4,5)18(22)17(30-13(2)25)19(31-14(3)26)23(24,8)32-21/h9,17-19,29H,1,10-12H2,2-8H3/t17-,18-,19-,21-,22-,23+,24-/m0/s1. The normalized spacial score (nSPS) is 45.3. The summed E-state index contributed by atoms with van der Waals surface area (Å²) in [6.07, 6.45) is -0.601. The van der Waals surface area contributed by atoms with Crippen LogP contribution in [0, 0.1) is 16.7 Å². The van der Waals surface area contributed by atoms with Gasteiger partial charge in [0, 0.05) is 32.6 Å². The molecule has 0 unspecified atom stereocenters. The molecule has 8 heteroatoms. The zero-order chi connectivity index (χ0) is 24.5. The van der Waals surface area contributed by atoms with Gasteiger partial charge in [-0.05, 0) is 32.6 Å². The highest BCUT2D eigenvalue weighted by Crippen LogP contribution is 2.66. The van der Waals surface area contributed by atoms with Crippen molar-refractivity contribution in [3.8, 4) is 0 Å². The summed E-state index contributed by atoms with van der Waals surface area (Å²) in [6.45, 7) is 14.6. The van der Waals surface area contributed by atoms with Gasteiger partial charge in [-0.15, -0.1) is 6.58 Å². The molecule has 8 nitrogen and oxygen atoms in total. The molecule has 0 aromatic carbocycles. The van der Waals surface area contributed by atoms with Crippen LogP contribution in [0.25, 0.3) is 0 Å². The number of rotatable bonds is 3. The Balaban J connectivity index is 2.40. The number of ketones is 2. The maximum atomic E-state index is 13.7. The lowest BCUT2D eigenvalue weighted by molar-refractivity contribution is -0.348. The van der Waals surface area contributed by atoms with E-state index in [4.69, 9.17) is 14.2 Å². The first-order valence-electron chi connectivity index (χ1n) is 11.0. The summed E-state index contributed by atoms with van der Waals surface area (Å²) in [5.74, 6) is -3.03. The van der Waals surface area contributed by atoms with Crippen LogP contribution in [-0.2, 0) is 33.4 Å². The summed E-state index contributed by atoms with van der Waals surface area (Å²) in [6, 6.07) is 0. The second-order valence-corrected chi connectivity index (χ2v) is 10.7. The Kier molecular flexibility index (Phi) is 5.55. The zero-order valence-corrected chi connectivity index (χ0v) is 19.9. The fraction of sp³-hybridized carbons (Fsp3) is 0.750. The Morgan fingerprint density at radius 3 is 2.12 bits per heavy atom. The average Bonchev–Trinajstić information content (AvgIpc) is 2.65. The van der Waals surface area contributed by atoms with Crippen molar-refractivity contribution >= 4 is 23.5 Å². The molecule has 0 spiro atoms. The lowest BCUT2D eigenvalue weighted by atomic mass is 9.40. The summed E-state index contributed by atoms with van der Waals surface area (Å²) in [7, 11) is 0. The number of hydrogen-bond donors (Lipinski definition) is 1. The molecule has 0 aromatic heterocycles. The quantitative estimate of drug-likeness (QED) is 0.514. The van der Waals surface area contributed by atoms with Crippen LogP contribution in [-0.4, -0.2) is 57.6 Å². The molecule has 1 saturated heterocycles. The molecular weight excluding hydrogens is 416 g/mol. The van der Waals surface area contributed by atoms with E-state index in [0.29, 0.717) is 6.42 Å². The number of ether oxygens (including phenoxy) is 3. The molecule has 3 aliphatic rings. The van der Waals surface area contributed by atoms with Gasteiger partial charge in [0.1, 0.15) is 17.5 Å². The smallest absolute Gasteiger partial charge is 0.303 e. The van der Waals surface area contributed by atoms with Crippen molar-refractivity contribution in [1.82, 2.24) is 0 Å². The molecule has 0 amide bonds. The molecule has 32 heavy (non-hydrogen) atoms. The molecule has 7 atom stereocenters. The van der Waals surface area contributed by atoms with E-state index in [-0.39, 0.29) is 18.6 Å². The Morgan fingerprint density at radius 1 is 1.06 bits per heavy atom. The van der Waals surface area contributed by atoms with Gasteiger partial charge >= 0.3 is 11.9 Å². The minimum atomic E-state index is -2.32. The predicted octanol–water partition coefficient (Wildman–Crippen LogP) is 2.30. The van der Waals surface area contributed by atoms with E-state index in [1.54, 1.807) is 13.8 Å². The van der Waals surface area contributed by atoms with E-state index in [2.05, 4.69) is 6.58 Å². The third-order valence-electron chi connectivity index (χ3n) is 8.07. The molecule has 0 bridgehead atoms. The first kappa shape index (κ1) is 24.6. The van der Waals surface area contributed by atoms with E-state index in [0.717, 1.165) is 0 Å². The fourth-order valence-electron chi connectivity index (χ4n) is 6.67. The maximum Gasteiger partial charge on any atom is 0.303 e. The Hall–Kier alpha value is -2.06. The molecule has 2 aliphatic carbocycles. The maximum absolute atomic E-state index is 13.7. The summed E-state index contributed by atoms with van der Waals surface area (Å²) in [4.78, 5) is 51.6. The number of hydrogen-bond acceptors (Lipinski definition) is 8.